The highest BCUT2D eigenvalue weighted by molar-refractivity contribution is 7.14. The molecule has 0 aliphatic carbocycles. The highest BCUT2D eigenvalue weighted by Gasteiger charge is 2.10. The summed E-state index contributed by atoms with van der Waals surface area (Å²) in [5.74, 6) is -0.280. The molecule has 2 N–H and O–H groups in total. The molecule has 0 aliphatic heterocycles. The zero-order chi connectivity index (χ0) is 16.9. The van der Waals surface area contributed by atoms with Gasteiger partial charge in [-0.2, -0.15) is 0 Å². The molecule has 0 aliphatic rings. The number of nitrogens with zero attached hydrogens (tertiary/aromatic N) is 2. The molecule has 122 valence electrons. The molecular weight excluding hydrogens is 328 g/mol. The van der Waals surface area contributed by atoms with Gasteiger partial charge in [0.1, 0.15) is 0 Å². The molecule has 24 heavy (non-hydrogen) atoms. The van der Waals surface area contributed by atoms with E-state index in [0.717, 1.165) is 17.0 Å². The Bertz CT molecular complexity index is 905. The van der Waals surface area contributed by atoms with Gasteiger partial charge in [0.25, 0.3) is 5.91 Å². The molecule has 0 bridgehead atoms. The molecule has 0 saturated heterocycles. The summed E-state index contributed by atoms with van der Waals surface area (Å²) in [7, 11) is 0. The molecule has 0 fully saturated rings. The Morgan fingerprint density at radius 3 is 2.92 bits per heavy atom. The summed E-state index contributed by atoms with van der Waals surface area (Å²) in [5, 5.41) is 4.96. The second kappa shape index (κ2) is 7.05. The first-order valence-corrected chi connectivity index (χ1v) is 7.98. The van der Waals surface area contributed by atoms with Gasteiger partial charge in [0.2, 0.25) is 5.43 Å². The standard InChI is InChI=1S/C16H14N4O3S/c1-10-6-13(21)14(7-18-10)23-8-15(22)20-16-19-12(9-24-16)11-2-4-17-5-3-11/h2-7,9H,8H2,1H3,(H,18,21)(H,19,20,22). The van der Waals surface area contributed by atoms with Gasteiger partial charge in [-0.05, 0) is 19.1 Å². The Kier molecular flexibility index (Phi) is 4.66. The van der Waals surface area contributed by atoms with Crippen molar-refractivity contribution in [1.29, 1.82) is 0 Å². The minimum atomic E-state index is -0.384. The van der Waals surface area contributed by atoms with E-state index in [9.17, 15) is 9.59 Å². The van der Waals surface area contributed by atoms with Crippen LogP contribution in [0.25, 0.3) is 11.3 Å². The number of aromatic amines is 1. The van der Waals surface area contributed by atoms with Crippen molar-refractivity contribution >= 4 is 22.4 Å². The van der Waals surface area contributed by atoms with E-state index in [1.54, 1.807) is 19.3 Å². The fraction of sp³-hybridized carbons (Fsp3) is 0.125. The van der Waals surface area contributed by atoms with Crippen molar-refractivity contribution in [3.05, 3.63) is 58.1 Å². The van der Waals surface area contributed by atoms with Crippen LogP contribution in [-0.2, 0) is 4.79 Å². The summed E-state index contributed by atoms with van der Waals surface area (Å²) in [5.41, 5.74) is 2.13. The largest absolute Gasteiger partial charge is 0.478 e. The van der Waals surface area contributed by atoms with E-state index >= 15 is 0 Å². The van der Waals surface area contributed by atoms with Gasteiger partial charge < -0.3 is 9.72 Å². The molecule has 3 rings (SSSR count). The number of pyridine rings is 2. The van der Waals surface area contributed by atoms with E-state index in [0.29, 0.717) is 5.13 Å². The van der Waals surface area contributed by atoms with E-state index in [2.05, 4.69) is 20.3 Å². The molecule has 8 heteroatoms. The predicted molar refractivity (Wildman–Crippen MR) is 91.3 cm³/mol. The normalized spacial score (nSPS) is 10.4. The summed E-state index contributed by atoms with van der Waals surface area (Å²) in [6.45, 7) is 1.50. The maximum absolute atomic E-state index is 11.9. The van der Waals surface area contributed by atoms with E-state index in [1.165, 1.54) is 23.6 Å². The molecule has 3 aromatic heterocycles. The fourth-order valence-electron chi connectivity index (χ4n) is 1.96. The van der Waals surface area contributed by atoms with Crippen molar-refractivity contribution in [3.8, 4) is 17.0 Å². The number of thiazole rings is 1. The third-order valence-corrected chi connectivity index (χ3v) is 3.86. The highest BCUT2D eigenvalue weighted by Crippen LogP contribution is 2.24. The number of rotatable bonds is 5. The maximum atomic E-state index is 11.9. The summed E-state index contributed by atoms with van der Waals surface area (Å²) in [6.07, 6.45) is 4.80. The minimum absolute atomic E-state index is 0.104. The second-order valence-electron chi connectivity index (χ2n) is 4.96. The molecule has 3 aromatic rings. The Hall–Kier alpha value is -3.00. The third-order valence-electron chi connectivity index (χ3n) is 3.11. The van der Waals surface area contributed by atoms with Crippen LogP contribution < -0.4 is 15.5 Å². The zero-order valence-electron chi connectivity index (χ0n) is 12.8. The van der Waals surface area contributed by atoms with Crippen LogP contribution in [-0.4, -0.2) is 27.5 Å². The van der Waals surface area contributed by atoms with E-state index < -0.39 is 0 Å². The lowest BCUT2D eigenvalue weighted by molar-refractivity contribution is -0.118. The van der Waals surface area contributed by atoms with Crippen molar-refractivity contribution < 1.29 is 9.53 Å². The molecule has 3 heterocycles. The van der Waals surface area contributed by atoms with Crippen LogP contribution in [0.4, 0.5) is 5.13 Å². The molecule has 7 nitrogen and oxygen atoms in total. The molecule has 0 radical (unpaired) electrons. The van der Waals surface area contributed by atoms with Gasteiger partial charge in [0.05, 0.1) is 5.69 Å². The van der Waals surface area contributed by atoms with Gasteiger partial charge in [0.15, 0.2) is 17.5 Å². The maximum Gasteiger partial charge on any atom is 0.264 e. The molecule has 0 saturated carbocycles. The SMILES string of the molecule is Cc1cc(=O)c(OCC(=O)Nc2nc(-c3ccncc3)cs2)c[nH]1. The number of aromatic nitrogens is 3. The Morgan fingerprint density at radius 1 is 1.38 bits per heavy atom. The van der Waals surface area contributed by atoms with Crippen LogP contribution in [0.2, 0.25) is 0 Å². The lowest BCUT2D eigenvalue weighted by Gasteiger charge is -2.05. The van der Waals surface area contributed by atoms with Crippen LogP contribution >= 0.6 is 11.3 Å². The Labute approximate surface area is 141 Å². The fourth-order valence-corrected chi connectivity index (χ4v) is 2.69. The molecular formula is C16H14N4O3S. The number of H-pyrrole nitrogens is 1. The summed E-state index contributed by atoms with van der Waals surface area (Å²) >= 11 is 1.31. The molecule has 0 unspecified atom stereocenters. The van der Waals surface area contributed by atoms with Crippen molar-refractivity contribution in [2.24, 2.45) is 0 Å². The number of amides is 1. The monoisotopic (exact) mass is 342 g/mol. The number of carbonyl (C=O) groups is 1. The first-order chi connectivity index (χ1) is 11.6. The average molecular weight is 342 g/mol. The summed E-state index contributed by atoms with van der Waals surface area (Å²) in [6, 6.07) is 5.09. The smallest absolute Gasteiger partial charge is 0.264 e. The highest BCUT2D eigenvalue weighted by atomic mass is 32.1. The molecule has 0 atom stereocenters. The van der Waals surface area contributed by atoms with Crippen LogP contribution in [0.3, 0.4) is 0 Å². The average Bonchev–Trinajstić information content (AvgIpc) is 3.03. The number of anilines is 1. The van der Waals surface area contributed by atoms with Crippen molar-refractivity contribution in [2.75, 3.05) is 11.9 Å². The van der Waals surface area contributed by atoms with Gasteiger partial charge in [-0.1, -0.05) is 0 Å². The number of hydrogen-bond acceptors (Lipinski definition) is 6. The van der Waals surface area contributed by atoms with Crippen LogP contribution in [0.5, 0.6) is 5.75 Å². The second-order valence-corrected chi connectivity index (χ2v) is 5.81. The van der Waals surface area contributed by atoms with Gasteiger partial charge in [-0.15, -0.1) is 11.3 Å². The van der Waals surface area contributed by atoms with Gasteiger partial charge in [-0.3, -0.25) is 19.9 Å². The molecule has 0 spiro atoms. The summed E-state index contributed by atoms with van der Waals surface area (Å²) < 4.78 is 5.23. The number of aryl methyl sites for hydroxylation is 1. The van der Waals surface area contributed by atoms with Gasteiger partial charge in [0, 0.05) is 41.3 Å². The third kappa shape index (κ3) is 3.85. The van der Waals surface area contributed by atoms with Crippen LogP contribution in [0, 0.1) is 6.92 Å². The van der Waals surface area contributed by atoms with Crippen molar-refractivity contribution in [1.82, 2.24) is 15.0 Å². The van der Waals surface area contributed by atoms with E-state index in [-0.39, 0.29) is 23.7 Å². The molecule has 1 amide bonds. The first-order valence-electron chi connectivity index (χ1n) is 7.10. The first kappa shape index (κ1) is 15.9. The van der Waals surface area contributed by atoms with Crippen molar-refractivity contribution in [2.45, 2.75) is 6.92 Å². The van der Waals surface area contributed by atoms with E-state index in [4.69, 9.17) is 4.74 Å². The van der Waals surface area contributed by atoms with Crippen molar-refractivity contribution in [3.63, 3.8) is 0 Å². The van der Waals surface area contributed by atoms with E-state index in [1.807, 2.05) is 17.5 Å². The number of nitrogens with one attached hydrogen (secondary N) is 2. The van der Waals surface area contributed by atoms with Crippen LogP contribution in [0.15, 0.2) is 47.0 Å². The zero-order valence-corrected chi connectivity index (χ0v) is 13.6. The number of ether oxygens (including phenoxy) is 1. The number of carbonyl (C=O) groups excluding carboxylic acids is 1. The Morgan fingerprint density at radius 2 is 2.17 bits per heavy atom. The van der Waals surface area contributed by atoms with Gasteiger partial charge in [-0.25, -0.2) is 4.98 Å². The Balaban J connectivity index is 1.59. The predicted octanol–water partition coefficient (Wildman–Crippen LogP) is 2.22. The lowest BCUT2D eigenvalue weighted by Crippen LogP contribution is -2.22. The van der Waals surface area contributed by atoms with Gasteiger partial charge >= 0.3 is 0 Å². The topological polar surface area (TPSA) is 97.0 Å². The minimum Gasteiger partial charge on any atom is -0.478 e. The van der Waals surface area contributed by atoms with Crippen LogP contribution in [0.1, 0.15) is 5.69 Å². The lowest BCUT2D eigenvalue weighted by atomic mass is 10.2. The number of hydrogen-bond donors (Lipinski definition) is 2. The summed E-state index contributed by atoms with van der Waals surface area (Å²) in [4.78, 5) is 34.8. The molecule has 0 aromatic carbocycles. The quantitative estimate of drug-likeness (QED) is 0.741.